The van der Waals surface area contributed by atoms with E-state index >= 15 is 0 Å². The van der Waals surface area contributed by atoms with E-state index in [2.05, 4.69) is 42.0 Å². The highest BCUT2D eigenvalue weighted by molar-refractivity contribution is 5.86. The van der Waals surface area contributed by atoms with E-state index in [0.29, 0.717) is 6.04 Å². The maximum Gasteiger partial charge on any atom is 0.0360 e. The van der Waals surface area contributed by atoms with Crippen molar-refractivity contribution in [3.8, 4) is 0 Å². The van der Waals surface area contributed by atoms with E-state index in [0.717, 1.165) is 0 Å². The lowest BCUT2D eigenvalue weighted by molar-refractivity contribution is 0.435. The maximum atomic E-state index is 2.38. The molecule has 1 aromatic heterocycles. The van der Waals surface area contributed by atoms with Crippen molar-refractivity contribution in [3.05, 3.63) is 36.2 Å². The molecule has 0 radical (unpaired) electrons. The summed E-state index contributed by atoms with van der Waals surface area (Å²) in [5.41, 5.74) is 1.51. The molecule has 60 valence electrons. The third-order valence-corrected chi connectivity index (χ3v) is 2.83. The molecular weight excluding hydrogens is 146 g/mol. The van der Waals surface area contributed by atoms with Crippen molar-refractivity contribution in [2.75, 3.05) is 0 Å². The lowest BCUT2D eigenvalue weighted by atomic mass is 10.0. The number of hydrogen-bond acceptors (Lipinski definition) is 0. The minimum atomic E-state index is 0.715. The van der Waals surface area contributed by atoms with Gasteiger partial charge in [-0.05, 0) is 12.3 Å². The van der Waals surface area contributed by atoms with Crippen LogP contribution in [-0.4, -0.2) is 4.57 Å². The number of benzene rings is 1. The van der Waals surface area contributed by atoms with E-state index < -0.39 is 0 Å². The lowest BCUT2D eigenvalue weighted by Gasteiger charge is -2.27. The second kappa shape index (κ2) is 1.92. The molecule has 3 rings (SSSR count). The first-order chi connectivity index (χ1) is 5.86. The minimum absolute atomic E-state index is 0.715. The van der Waals surface area contributed by atoms with Crippen LogP contribution in [0.4, 0.5) is 0 Å². The molecule has 1 heteroatoms. The lowest BCUT2D eigenvalue weighted by Crippen LogP contribution is -2.21. The Balaban J connectivity index is 2.42. The Morgan fingerprint density at radius 3 is 3.00 bits per heavy atom. The minimum Gasteiger partial charge on any atom is -0.347 e. The topological polar surface area (TPSA) is 4.93 Å². The number of aromatic nitrogens is 1. The number of hydrogen-bond donors (Lipinski definition) is 0. The largest absolute Gasteiger partial charge is 0.347 e. The van der Waals surface area contributed by atoms with Gasteiger partial charge < -0.3 is 4.57 Å². The molecule has 1 aliphatic heterocycles. The van der Waals surface area contributed by atoms with Crippen molar-refractivity contribution in [2.45, 2.75) is 19.4 Å². The van der Waals surface area contributed by atoms with Crippen LogP contribution in [0.15, 0.2) is 30.5 Å². The summed E-state index contributed by atoms with van der Waals surface area (Å²) in [5.74, 6) is 0. The van der Waals surface area contributed by atoms with Gasteiger partial charge in [0.2, 0.25) is 0 Å². The average Bonchev–Trinajstić information content (AvgIpc) is 2.39. The molecule has 0 saturated carbocycles. The maximum absolute atomic E-state index is 2.38. The highest BCUT2D eigenvalue weighted by Crippen LogP contribution is 2.34. The first-order valence-corrected chi connectivity index (χ1v) is 4.45. The summed E-state index contributed by atoms with van der Waals surface area (Å²) in [5, 5.41) is 2.83. The standard InChI is InChI=1S/C11H11N/c1-8-6-11-10-5-3-2-4-9(10)7-12(8)11/h2-5,7-8H,6H2,1H3. The Bertz CT molecular complexity index is 439. The molecule has 0 amide bonds. The molecule has 1 nitrogen and oxygen atoms in total. The van der Waals surface area contributed by atoms with Crippen LogP contribution < -0.4 is 0 Å². The normalized spacial score (nSPS) is 20.6. The molecule has 1 atom stereocenters. The van der Waals surface area contributed by atoms with Crippen LogP contribution in [0.1, 0.15) is 18.7 Å². The zero-order chi connectivity index (χ0) is 8.13. The molecule has 0 spiro atoms. The van der Waals surface area contributed by atoms with Gasteiger partial charge in [-0.1, -0.05) is 24.3 Å². The first-order valence-electron chi connectivity index (χ1n) is 4.45. The molecule has 0 aliphatic carbocycles. The van der Waals surface area contributed by atoms with E-state index in [1.807, 2.05) is 0 Å². The first kappa shape index (κ1) is 6.30. The molecular formula is C11H11N. The predicted molar refractivity (Wildman–Crippen MR) is 50.4 cm³/mol. The monoisotopic (exact) mass is 157 g/mol. The molecule has 0 N–H and O–H groups in total. The summed E-state index contributed by atoms with van der Waals surface area (Å²) in [7, 11) is 0. The summed E-state index contributed by atoms with van der Waals surface area (Å²) >= 11 is 0. The van der Waals surface area contributed by atoms with Gasteiger partial charge in [-0.3, -0.25) is 0 Å². The van der Waals surface area contributed by atoms with Crippen LogP contribution in [0.5, 0.6) is 0 Å². The smallest absolute Gasteiger partial charge is 0.0360 e. The fourth-order valence-electron chi connectivity index (χ4n) is 2.11. The molecule has 0 fully saturated rings. The van der Waals surface area contributed by atoms with E-state index in [-0.39, 0.29) is 0 Å². The Labute approximate surface area is 71.6 Å². The van der Waals surface area contributed by atoms with Crippen LogP contribution in [0.25, 0.3) is 10.8 Å². The molecule has 2 heterocycles. The van der Waals surface area contributed by atoms with E-state index in [9.17, 15) is 0 Å². The van der Waals surface area contributed by atoms with Crippen molar-refractivity contribution in [3.63, 3.8) is 0 Å². The summed E-state index contributed by atoms with van der Waals surface area (Å²) in [4.78, 5) is 0. The SMILES string of the molecule is CC1Cc2c3ccccc3cn21. The fourth-order valence-corrected chi connectivity index (χ4v) is 2.11. The van der Waals surface area contributed by atoms with Crippen LogP contribution in [-0.2, 0) is 6.42 Å². The van der Waals surface area contributed by atoms with E-state index in [4.69, 9.17) is 0 Å². The van der Waals surface area contributed by atoms with E-state index in [1.54, 1.807) is 0 Å². The molecule has 2 aromatic rings. The molecule has 12 heavy (non-hydrogen) atoms. The molecule has 1 aliphatic rings. The van der Waals surface area contributed by atoms with Gasteiger partial charge in [0.25, 0.3) is 0 Å². The van der Waals surface area contributed by atoms with Crippen molar-refractivity contribution in [2.24, 2.45) is 0 Å². The van der Waals surface area contributed by atoms with Gasteiger partial charge in [0, 0.05) is 29.7 Å². The van der Waals surface area contributed by atoms with Crippen LogP contribution in [0, 0.1) is 0 Å². The quantitative estimate of drug-likeness (QED) is 0.554. The van der Waals surface area contributed by atoms with Gasteiger partial charge in [0.05, 0.1) is 0 Å². The third-order valence-electron chi connectivity index (χ3n) is 2.83. The molecule has 0 bridgehead atoms. The molecule has 0 saturated heterocycles. The number of nitrogens with zero attached hydrogens (tertiary/aromatic N) is 1. The van der Waals surface area contributed by atoms with Gasteiger partial charge in [-0.15, -0.1) is 0 Å². The van der Waals surface area contributed by atoms with Crippen LogP contribution in [0.3, 0.4) is 0 Å². The van der Waals surface area contributed by atoms with Gasteiger partial charge >= 0.3 is 0 Å². The van der Waals surface area contributed by atoms with Crippen molar-refractivity contribution in [1.29, 1.82) is 0 Å². The van der Waals surface area contributed by atoms with Crippen LogP contribution in [0.2, 0.25) is 0 Å². The summed E-state index contributed by atoms with van der Waals surface area (Å²) in [6.45, 7) is 2.27. The van der Waals surface area contributed by atoms with Gasteiger partial charge in [0.15, 0.2) is 0 Å². The van der Waals surface area contributed by atoms with Crippen LogP contribution >= 0.6 is 0 Å². The number of fused-ring (bicyclic) bond motifs is 3. The zero-order valence-corrected chi connectivity index (χ0v) is 7.12. The summed E-state index contributed by atoms with van der Waals surface area (Å²) in [6.07, 6.45) is 3.51. The zero-order valence-electron chi connectivity index (χ0n) is 7.12. The Hall–Kier alpha value is -1.24. The average molecular weight is 157 g/mol. The number of rotatable bonds is 0. The van der Waals surface area contributed by atoms with Crippen molar-refractivity contribution < 1.29 is 0 Å². The predicted octanol–water partition coefficient (Wildman–Crippen LogP) is 2.76. The Morgan fingerprint density at radius 2 is 2.17 bits per heavy atom. The highest BCUT2D eigenvalue weighted by Gasteiger charge is 2.23. The molecule has 1 aromatic carbocycles. The Kier molecular flexibility index (Phi) is 1.01. The van der Waals surface area contributed by atoms with Crippen molar-refractivity contribution >= 4 is 10.8 Å². The second-order valence-electron chi connectivity index (χ2n) is 3.62. The van der Waals surface area contributed by atoms with Gasteiger partial charge in [0.1, 0.15) is 0 Å². The summed E-state index contributed by atoms with van der Waals surface area (Å²) in [6, 6.07) is 9.34. The highest BCUT2D eigenvalue weighted by atomic mass is 15.1. The molecule has 1 unspecified atom stereocenters. The Morgan fingerprint density at radius 1 is 1.33 bits per heavy atom. The third kappa shape index (κ3) is 0.596. The van der Waals surface area contributed by atoms with Gasteiger partial charge in [-0.25, -0.2) is 0 Å². The fraction of sp³-hybridized carbons (Fsp3) is 0.273. The summed E-state index contributed by atoms with van der Waals surface area (Å²) < 4.78 is 2.38. The van der Waals surface area contributed by atoms with Crippen molar-refractivity contribution in [1.82, 2.24) is 4.57 Å². The second-order valence-corrected chi connectivity index (χ2v) is 3.62. The van der Waals surface area contributed by atoms with E-state index in [1.165, 1.54) is 22.9 Å². The van der Waals surface area contributed by atoms with Gasteiger partial charge in [-0.2, -0.15) is 0 Å².